The second-order valence-electron chi connectivity index (χ2n) is 6.44. The Morgan fingerprint density at radius 2 is 1.83 bits per heavy atom. The van der Waals surface area contributed by atoms with E-state index in [1.807, 2.05) is 51.1 Å². The summed E-state index contributed by atoms with van der Waals surface area (Å²) in [6.45, 7) is 6.61. The van der Waals surface area contributed by atoms with Crippen molar-refractivity contribution in [1.82, 2.24) is 10.3 Å². The van der Waals surface area contributed by atoms with E-state index in [2.05, 4.69) is 15.6 Å². The average Bonchev–Trinajstić information content (AvgIpc) is 2.48. The highest BCUT2D eigenvalue weighted by Crippen LogP contribution is 2.11. The predicted octanol–water partition coefficient (Wildman–Crippen LogP) is 3.92. The number of amides is 1. The maximum atomic E-state index is 12.0. The molecule has 23 heavy (non-hydrogen) atoms. The lowest BCUT2D eigenvalue weighted by Crippen LogP contribution is -2.40. The van der Waals surface area contributed by atoms with Crippen molar-refractivity contribution in [2.24, 2.45) is 0 Å². The van der Waals surface area contributed by atoms with Crippen LogP contribution in [0.2, 0.25) is 5.02 Å². The molecule has 1 heterocycles. The summed E-state index contributed by atoms with van der Waals surface area (Å²) in [6, 6.07) is 11.4. The van der Waals surface area contributed by atoms with Crippen LogP contribution in [-0.2, 0) is 6.42 Å². The zero-order valence-electron chi connectivity index (χ0n) is 13.7. The van der Waals surface area contributed by atoms with Gasteiger partial charge in [0, 0.05) is 17.1 Å². The summed E-state index contributed by atoms with van der Waals surface area (Å²) in [5, 5.41) is 6.93. The zero-order valence-corrected chi connectivity index (χ0v) is 14.4. The van der Waals surface area contributed by atoms with Gasteiger partial charge >= 0.3 is 0 Å². The Morgan fingerprint density at radius 1 is 1.13 bits per heavy atom. The number of rotatable bonds is 5. The Balaban J connectivity index is 1.85. The SMILES string of the molecule is CC(C)(C)NC(=O)c1ccc(NCCc2ccc(Cl)cc2)cn1. The Bertz CT molecular complexity index is 645. The standard InChI is InChI=1S/C18H22ClN3O/c1-18(2,3)22-17(23)16-9-8-15(12-21-16)20-11-10-13-4-6-14(19)7-5-13/h4-9,12,20H,10-11H2,1-3H3,(H,22,23). The summed E-state index contributed by atoms with van der Waals surface area (Å²) in [5.74, 6) is -0.162. The molecule has 1 amide bonds. The highest BCUT2D eigenvalue weighted by atomic mass is 35.5. The molecule has 4 nitrogen and oxygen atoms in total. The van der Waals surface area contributed by atoms with Crippen molar-refractivity contribution in [2.45, 2.75) is 32.7 Å². The van der Waals surface area contributed by atoms with Crippen LogP contribution in [-0.4, -0.2) is 23.0 Å². The Hall–Kier alpha value is -2.07. The molecule has 0 saturated carbocycles. The molecule has 0 radical (unpaired) electrons. The number of anilines is 1. The molecular formula is C18H22ClN3O. The van der Waals surface area contributed by atoms with Gasteiger partial charge in [-0.1, -0.05) is 23.7 Å². The molecule has 0 aliphatic carbocycles. The van der Waals surface area contributed by atoms with Crippen LogP contribution in [0.15, 0.2) is 42.6 Å². The first-order valence-corrected chi connectivity index (χ1v) is 7.98. The second-order valence-corrected chi connectivity index (χ2v) is 6.88. The van der Waals surface area contributed by atoms with E-state index in [4.69, 9.17) is 11.6 Å². The van der Waals surface area contributed by atoms with Gasteiger partial charge in [-0.05, 0) is 57.0 Å². The second kappa shape index (κ2) is 7.47. The molecule has 1 aromatic heterocycles. The van der Waals surface area contributed by atoms with Gasteiger partial charge in [-0.2, -0.15) is 0 Å². The van der Waals surface area contributed by atoms with Crippen LogP contribution in [0.5, 0.6) is 0 Å². The predicted molar refractivity (Wildman–Crippen MR) is 95.1 cm³/mol. The number of pyridine rings is 1. The van der Waals surface area contributed by atoms with E-state index in [0.29, 0.717) is 5.69 Å². The van der Waals surface area contributed by atoms with Crippen LogP contribution in [0.3, 0.4) is 0 Å². The fourth-order valence-electron chi connectivity index (χ4n) is 2.04. The Kier molecular flexibility index (Phi) is 5.61. The fraction of sp³-hybridized carbons (Fsp3) is 0.333. The lowest BCUT2D eigenvalue weighted by molar-refractivity contribution is 0.0914. The molecular weight excluding hydrogens is 310 g/mol. The molecule has 2 rings (SSSR count). The number of nitrogens with zero attached hydrogens (tertiary/aromatic N) is 1. The number of halogens is 1. The molecule has 2 aromatic rings. The summed E-state index contributed by atoms with van der Waals surface area (Å²) in [5.41, 5.74) is 2.26. The van der Waals surface area contributed by atoms with E-state index in [1.54, 1.807) is 12.3 Å². The molecule has 0 aliphatic rings. The summed E-state index contributed by atoms with van der Waals surface area (Å²) in [6.07, 6.45) is 2.57. The van der Waals surface area contributed by atoms with Gasteiger partial charge in [0.2, 0.25) is 0 Å². The van der Waals surface area contributed by atoms with E-state index in [9.17, 15) is 4.79 Å². The molecule has 0 saturated heterocycles. The highest BCUT2D eigenvalue weighted by molar-refractivity contribution is 6.30. The van der Waals surface area contributed by atoms with Crippen LogP contribution in [0.1, 0.15) is 36.8 Å². The summed E-state index contributed by atoms with van der Waals surface area (Å²) < 4.78 is 0. The van der Waals surface area contributed by atoms with Gasteiger partial charge in [-0.3, -0.25) is 4.79 Å². The van der Waals surface area contributed by atoms with Crippen LogP contribution < -0.4 is 10.6 Å². The minimum Gasteiger partial charge on any atom is -0.383 e. The fourth-order valence-corrected chi connectivity index (χ4v) is 2.17. The number of carbonyl (C=O) groups is 1. The number of aromatic nitrogens is 1. The molecule has 0 unspecified atom stereocenters. The maximum absolute atomic E-state index is 12.0. The minimum atomic E-state index is -0.270. The first-order chi connectivity index (χ1) is 10.8. The molecule has 0 atom stereocenters. The summed E-state index contributed by atoms with van der Waals surface area (Å²) in [7, 11) is 0. The monoisotopic (exact) mass is 331 g/mol. The van der Waals surface area contributed by atoms with Crippen molar-refractivity contribution in [2.75, 3.05) is 11.9 Å². The average molecular weight is 332 g/mol. The first-order valence-electron chi connectivity index (χ1n) is 7.60. The van der Waals surface area contributed by atoms with Crippen molar-refractivity contribution >= 4 is 23.2 Å². The number of nitrogens with one attached hydrogen (secondary N) is 2. The van der Waals surface area contributed by atoms with Crippen LogP contribution >= 0.6 is 11.6 Å². The van der Waals surface area contributed by atoms with E-state index >= 15 is 0 Å². The van der Waals surface area contributed by atoms with Crippen LogP contribution in [0.4, 0.5) is 5.69 Å². The van der Waals surface area contributed by atoms with E-state index in [1.165, 1.54) is 5.56 Å². The normalized spacial score (nSPS) is 11.1. The van der Waals surface area contributed by atoms with Crippen LogP contribution in [0, 0.1) is 0 Å². The molecule has 0 fully saturated rings. The minimum absolute atomic E-state index is 0.162. The van der Waals surface area contributed by atoms with Gasteiger partial charge < -0.3 is 10.6 Å². The molecule has 0 bridgehead atoms. The Labute approximate surface area is 142 Å². The lowest BCUT2D eigenvalue weighted by atomic mass is 10.1. The third-order valence-corrected chi connectivity index (χ3v) is 3.39. The van der Waals surface area contributed by atoms with Gasteiger partial charge in [-0.25, -0.2) is 4.98 Å². The van der Waals surface area contributed by atoms with Gasteiger partial charge in [0.25, 0.3) is 5.91 Å². The number of benzene rings is 1. The molecule has 5 heteroatoms. The van der Waals surface area contributed by atoms with Gasteiger partial charge in [0.05, 0.1) is 11.9 Å². The van der Waals surface area contributed by atoms with E-state index in [-0.39, 0.29) is 11.4 Å². The molecule has 0 aliphatic heterocycles. The summed E-state index contributed by atoms with van der Waals surface area (Å²) in [4.78, 5) is 16.2. The van der Waals surface area contributed by atoms with Crippen molar-refractivity contribution in [3.8, 4) is 0 Å². The van der Waals surface area contributed by atoms with Gasteiger partial charge in [-0.15, -0.1) is 0 Å². The Morgan fingerprint density at radius 3 is 2.39 bits per heavy atom. The maximum Gasteiger partial charge on any atom is 0.270 e. The van der Waals surface area contributed by atoms with E-state index < -0.39 is 0 Å². The smallest absolute Gasteiger partial charge is 0.270 e. The van der Waals surface area contributed by atoms with Crippen molar-refractivity contribution in [1.29, 1.82) is 0 Å². The van der Waals surface area contributed by atoms with Gasteiger partial charge in [0.15, 0.2) is 0 Å². The lowest BCUT2D eigenvalue weighted by Gasteiger charge is -2.20. The first kappa shape index (κ1) is 17.3. The summed E-state index contributed by atoms with van der Waals surface area (Å²) >= 11 is 5.87. The molecule has 0 spiro atoms. The van der Waals surface area contributed by atoms with Gasteiger partial charge in [0.1, 0.15) is 5.69 Å². The van der Waals surface area contributed by atoms with Crippen LogP contribution in [0.25, 0.3) is 0 Å². The zero-order chi connectivity index (χ0) is 16.9. The third kappa shape index (κ3) is 5.91. The number of carbonyl (C=O) groups excluding carboxylic acids is 1. The quantitative estimate of drug-likeness (QED) is 0.873. The van der Waals surface area contributed by atoms with Crippen molar-refractivity contribution < 1.29 is 4.79 Å². The largest absolute Gasteiger partial charge is 0.383 e. The van der Waals surface area contributed by atoms with Crippen molar-refractivity contribution in [3.05, 3.63) is 58.9 Å². The highest BCUT2D eigenvalue weighted by Gasteiger charge is 2.15. The van der Waals surface area contributed by atoms with E-state index in [0.717, 1.165) is 23.7 Å². The molecule has 1 aromatic carbocycles. The topological polar surface area (TPSA) is 54.0 Å². The van der Waals surface area contributed by atoms with Crippen molar-refractivity contribution in [3.63, 3.8) is 0 Å². The third-order valence-electron chi connectivity index (χ3n) is 3.14. The number of hydrogen-bond acceptors (Lipinski definition) is 3. The molecule has 2 N–H and O–H groups in total. The molecule has 122 valence electrons. The number of hydrogen-bond donors (Lipinski definition) is 2.